The van der Waals surface area contributed by atoms with Crippen LogP contribution in [0.2, 0.25) is 0 Å². The SMILES string of the molecule is CCCC/C=C\CCCCCCCC(=O)OCCCCCCCCCCCCCCCC(=O)NC(CO)C(O)/C=C/CCCCCCCCCCCCCCCCCC. The number of unbranched alkanes of at least 4 members (excludes halogenated alkanes) is 35. The molecule has 2 atom stereocenters. The molecule has 0 bridgehead atoms. The molecule has 3 N–H and O–H groups in total. The normalized spacial score (nSPS) is 12.8. The maximum absolute atomic E-state index is 12.4. The molecule has 0 aromatic heterocycles. The third kappa shape index (κ3) is 45.7. The molecule has 0 spiro atoms. The van der Waals surface area contributed by atoms with Gasteiger partial charge in [0, 0.05) is 12.8 Å². The van der Waals surface area contributed by atoms with Gasteiger partial charge in [-0.15, -0.1) is 0 Å². The molecule has 0 aliphatic carbocycles. The molecule has 348 valence electrons. The average molecular weight is 832 g/mol. The summed E-state index contributed by atoms with van der Waals surface area (Å²) in [6, 6.07) is -0.637. The summed E-state index contributed by atoms with van der Waals surface area (Å²) in [4.78, 5) is 24.4. The monoisotopic (exact) mass is 832 g/mol. The highest BCUT2D eigenvalue weighted by atomic mass is 16.5. The van der Waals surface area contributed by atoms with Gasteiger partial charge in [-0.3, -0.25) is 9.59 Å². The van der Waals surface area contributed by atoms with Crippen LogP contribution in [0.25, 0.3) is 0 Å². The minimum Gasteiger partial charge on any atom is -0.466 e. The van der Waals surface area contributed by atoms with Crippen LogP contribution >= 0.6 is 0 Å². The van der Waals surface area contributed by atoms with Gasteiger partial charge in [-0.25, -0.2) is 0 Å². The van der Waals surface area contributed by atoms with E-state index in [1.54, 1.807) is 6.08 Å². The van der Waals surface area contributed by atoms with Crippen molar-refractivity contribution in [2.45, 2.75) is 289 Å². The van der Waals surface area contributed by atoms with Gasteiger partial charge in [-0.05, 0) is 51.4 Å². The number of carbonyl (C=O) groups excluding carboxylic acids is 2. The number of ether oxygens (including phenoxy) is 1. The Morgan fingerprint density at radius 2 is 0.814 bits per heavy atom. The van der Waals surface area contributed by atoms with Crippen molar-refractivity contribution >= 4 is 11.9 Å². The van der Waals surface area contributed by atoms with Crippen molar-refractivity contribution < 1.29 is 24.5 Å². The lowest BCUT2D eigenvalue weighted by atomic mass is 10.0. The summed E-state index contributed by atoms with van der Waals surface area (Å²) >= 11 is 0. The number of allylic oxidation sites excluding steroid dienone is 3. The van der Waals surface area contributed by atoms with Crippen molar-refractivity contribution in [3.8, 4) is 0 Å². The number of amides is 1. The fourth-order valence-corrected chi connectivity index (χ4v) is 7.91. The van der Waals surface area contributed by atoms with Crippen molar-refractivity contribution in [1.82, 2.24) is 5.32 Å². The van der Waals surface area contributed by atoms with Crippen molar-refractivity contribution in [3.63, 3.8) is 0 Å². The van der Waals surface area contributed by atoms with E-state index < -0.39 is 12.1 Å². The molecule has 0 fully saturated rings. The van der Waals surface area contributed by atoms with Crippen molar-refractivity contribution in [2.24, 2.45) is 0 Å². The van der Waals surface area contributed by atoms with Crippen LogP contribution in [0.15, 0.2) is 24.3 Å². The van der Waals surface area contributed by atoms with Crippen LogP contribution in [-0.4, -0.2) is 47.4 Å². The van der Waals surface area contributed by atoms with Gasteiger partial charge in [-0.1, -0.05) is 237 Å². The predicted octanol–water partition coefficient (Wildman–Crippen LogP) is 15.5. The van der Waals surface area contributed by atoms with E-state index in [0.717, 1.165) is 57.8 Å². The van der Waals surface area contributed by atoms with Crippen LogP contribution in [0.1, 0.15) is 277 Å². The largest absolute Gasteiger partial charge is 0.466 e. The summed E-state index contributed by atoms with van der Waals surface area (Å²) in [5, 5.41) is 23.1. The number of aliphatic hydroxyl groups is 2. The molecular formula is C53H101NO5. The molecule has 0 saturated carbocycles. The Kier molecular flexibility index (Phi) is 47.6. The smallest absolute Gasteiger partial charge is 0.305 e. The van der Waals surface area contributed by atoms with Gasteiger partial charge >= 0.3 is 5.97 Å². The quantitative estimate of drug-likeness (QED) is 0.0322. The Morgan fingerprint density at radius 3 is 1.25 bits per heavy atom. The van der Waals surface area contributed by atoms with Crippen molar-refractivity contribution in [2.75, 3.05) is 13.2 Å². The highest BCUT2D eigenvalue weighted by Gasteiger charge is 2.18. The highest BCUT2D eigenvalue weighted by molar-refractivity contribution is 5.76. The minimum absolute atomic E-state index is 0.0180. The molecule has 0 heterocycles. The molecule has 6 nitrogen and oxygen atoms in total. The number of aliphatic hydroxyl groups excluding tert-OH is 2. The van der Waals surface area contributed by atoms with Gasteiger partial charge in [0.2, 0.25) is 5.91 Å². The van der Waals surface area contributed by atoms with Gasteiger partial charge in [0.25, 0.3) is 0 Å². The first kappa shape index (κ1) is 57.3. The summed E-state index contributed by atoms with van der Waals surface area (Å²) in [5.41, 5.74) is 0. The average Bonchev–Trinajstić information content (AvgIpc) is 3.24. The van der Waals surface area contributed by atoms with Gasteiger partial charge in [0.1, 0.15) is 0 Å². The molecule has 0 saturated heterocycles. The highest BCUT2D eigenvalue weighted by Crippen LogP contribution is 2.16. The Labute approximate surface area is 367 Å². The Morgan fingerprint density at radius 1 is 0.458 bits per heavy atom. The summed E-state index contributed by atoms with van der Waals surface area (Å²) in [6.45, 7) is 4.84. The molecule has 59 heavy (non-hydrogen) atoms. The molecule has 0 aromatic rings. The number of nitrogens with one attached hydrogen (secondary N) is 1. The lowest BCUT2D eigenvalue weighted by Gasteiger charge is -2.20. The predicted molar refractivity (Wildman–Crippen MR) is 255 cm³/mol. The summed E-state index contributed by atoms with van der Waals surface area (Å²) in [6.07, 6.45) is 57.5. The van der Waals surface area contributed by atoms with Gasteiger partial charge < -0.3 is 20.3 Å². The zero-order valence-corrected chi connectivity index (χ0v) is 39.5. The minimum atomic E-state index is -0.853. The number of esters is 1. The van der Waals surface area contributed by atoms with E-state index in [9.17, 15) is 19.8 Å². The molecular weight excluding hydrogens is 731 g/mol. The molecule has 0 rings (SSSR count). The number of hydrogen-bond donors (Lipinski definition) is 3. The second-order valence-electron chi connectivity index (χ2n) is 17.9. The summed E-state index contributed by atoms with van der Waals surface area (Å²) < 4.78 is 5.44. The Hall–Kier alpha value is -1.66. The molecule has 6 heteroatoms. The van der Waals surface area contributed by atoms with E-state index in [0.29, 0.717) is 19.4 Å². The lowest BCUT2D eigenvalue weighted by Crippen LogP contribution is -2.45. The van der Waals surface area contributed by atoms with E-state index in [1.807, 2.05) is 6.08 Å². The first-order valence-corrected chi connectivity index (χ1v) is 26.1. The summed E-state index contributed by atoms with van der Waals surface area (Å²) in [7, 11) is 0. The first-order chi connectivity index (χ1) is 29.0. The zero-order chi connectivity index (χ0) is 43.0. The molecule has 0 aromatic carbocycles. The molecule has 0 radical (unpaired) electrons. The van der Waals surface area contributed by atoms with Crippen molar-refractivity contribution in [1.29, 1.82) is 0 Å². The van der Waals surface area contributed by atoms with Gasteiger partial charge in [0.05, 0.1) is 25.4 Å². The molecule has 0 aliphatic heterocycles. The topological polar surface area (TPSA) is 95.9 Å². The fraction of sp³-hybridized carbons (Fsp3) is 0.887. The third-order valence-corrected chi connectivity index (χ3v) is 12.0. The van der Waals surface area contributed by atoms with E-state index in [-0.39, 0.29) is 18.5 Å². The zero-order valence-electron chi connectivity index (χ0n) is 39.5. The van der Waals surface area contributed by atoms with E-state index >= 15 is 0 Å². The lowest BCUT2D eigenvalue weighted by molar-refractivity contribution is -0.143. The van der Waals surface area contributed by atoms with Crippen LogP contribution < -0.4 is 5.32 Å². The van der Waals surface area contributed by atoms with Crippen LogP contribution in [0, 0.1) is 0 Å². The number of rotatable bonds is 48. The van der Waals surface area contributed by atoms with Crippen LogP contribution in [0.4, 0.5) is 0 Å². The van der Waals surface area contributed by atoms with E-state index in [4.69, 9.17) is 4.74 Å². The molecule has 0 aliphatic rings. The fourth-order valence-electron chi connectivity index (χ4n) is 7.91. The van der Waals surface area contributed by atoms with Crippen LogP contribution in [0.3, 0.4) is 0 Å². The Balaban J connectivity index is 3.51. The van der Waals surface area contributed by atoms with Crippen LogP contribution in [0.5, 0.6) is 0 Å². The maximum Gasteiger partial charge on any atom is 0.305 e. The molecule has 1 amide bonds. The summed E-state index contributed by atoms with van der Waals surface area (Å²) in [5.74, 6) is -0.0980. The second-order valence-corrected chi connectivity index (χ2v) is 17.9. The standard InChI is InChI=1S/C53H101NO5/c1-3-5-7-9-11-13-15-16-17-18-19-20-22-26-29-33-37-41-45-51(56)50(49-55)54-52(57)46-42-38-34-30-27-23-21-24-28-32-36-40-44-48-59-53(58)47-43-39-35-31-25-14-12-10-8-6-4-2/h10,12,41,45,50-51,55-56H,3-9,11,13-40,42-44,46-49H2,1-2H3,(H,54,57)/b12-10-,45-41+. The Bertz CT molecular complexity index is 920. The van der Waals surface area contributed by atoms with Gasteiger partial charge in [-0.2, -0.15) is 0 Å². The first-order valence-electron chi connectivity index (χ1n) is 26.1. The van der Waals surface area contributed by atoms with Crippen LogP contribution in [-0.2, 0) is 14.3 Å². The molecule has 2 unspecified atom stereocenters. The second kappa shape index (κ2) is 49.0. The number of hydrogen-bond acceptors (Lipinski definition) is 5. The third-order valence-electron chi connectivity index (χ3n) is 12.0. The van der Waals surface area contributed by atoms with E-state index in [1.165, 1.54) is 193 Å². The van der Waals surface area contributed by atoms with E-state index in [2.05, 4.69) is 31.3 Å². The maximum atomic E-state index is 12.4. The van der Waals surface area contributed by atoms with Gasteiger partial charge in [0.15, 0.2) is 0 Å². The van der Waals surface area contributed by atoms with Crippen molar-refractivity contribution in [3.05, 3.63) is 24.3 Å². The number of carbonyl (C=O) groups is 2.